The van der Waals surface area contributed by atoms with Crippen molar-refractivity contribution in [1.29, 1.82) is 0 Å². The van der Waals surface area contributed by atoms with Crippen LogP contribution in [0.1, 0.15) is 23.2 Å². The molecule has 0 saturated carbocycles. The standard InChI is InChI=1S/C18H16ClFN4O3S/c19-12-7-6-11(10-15(12)24-8-1-2-9-28(24,26)27)18(25)21-17-16-13(20)4-3-5-14(16)22-23-17/h3-7,10H,1-2,8-9H2,(H2,21,22,23,25). The number of sulfonamides is 1. The van der Waals surface area contributed by atoms with E-state index in [1.807, 2.05) is 0 Å². The minimum absolute atomic E-state index is 0.0400. The molecule has 1 aromatic heterocycles. The average Bonchev–Trinajstić information content (AvgIpc) is 3.06. The van der Waals surface area contributed by atoms with Gasteiger partial charge in [-0.1, -0.05) is 17.7 Å². The summed E-state index contributed by atoms with van der Waals surface area (Å²) >= 11 is 6.20. The second-order valence-corrected chi connectivity index (χ2v) is 8.87. The van der Waals surface area contributed by atoms with Crippen LogP contribution in [0, 0.1) is 5.82 Å². The average molecular weight is 423 g/mol. The van der Waals surface area contributed by atoms with Gasteiger partial charge in [0.2, 0.25) is 10.0 Å². The van der Waals surface area contributed by atoms with Crippen molar-refractivity contribution in [3.05, 3.63) is 52.8 Å². The Labute approximate surface area is 165 Å². The lowest BCUT2D eigenvalue weighted by Gasteiger charge is -2.29. The first-order valence-electron chi connectivity index (χ1n) is 8.61. The number of H-pyrrole nitrogens is 1. The van der Waals surface area contributed by atoms with E-state index >= 15 is 0 Å². The van der Waals surface area contributed by atoms with Crippen LogP contribution in [0.25, 0.3) is 10.9 Å². The van der Waals surface area contributed by atoms with E-state index in [9.17, 15) is 17.6 Å². The second-order valence-electron chi connectivity index (χ2n) is 6.45. The van der Waals surface area contributed by atoms with Gasteiger partial charge in [0.05, 0.1) is 27.4 Å². The fourth-order valence-corrected chi connectivity index (χ4v) is 5.12. The molecule has 4 rings (SSSR count). The molecule has 1 fully saturated rings. The predicted octanol–water partition coefficient (Wildman–Crippen LogP) is 3.54. The number of anilines is 2. The first-order chi connectivity index (χ1) is 13.4. The van der Waals surface area contributed by atoms with Crippen molar-refractivity contribution in [3.63, 3.8) is 0 Å². The van der Waals surface area contributed by atoms with Gasteiger partial charge in [-0.3, -0.25) is 14.2 Å². The monoisotopic (exact) mass is 422 g/mol. The highest BCUT2D eigenvalue weighted by Gasteiger charge is 2.28. The molecular formula is C18H16ClFN4O3S. The molecule has 0 bridgehead atoms. The number of hydrogen-bond acceptors (Lipinski definition) is 4. The van der Waals surface area contributed by atoms with E-state index < -0.39 is 21.7 Å². The molecule has 1 aliphatic rings. The molecule has 1 amide bonds. The molecule has 28 heavy (non-hydrogen) atoms. The summed E-state index contributed by atoms with van der Waals surface area (Å²) in [5.74, 6) is -0.972. The van der Waals surface area contributed by atoms with Crippen molar-refractivity contribution in [2.45, 2.75) is 12.8 Å². The molecule has 0 atom stereocenters. The fraction of sp³-hybridized carbons (Fsp3) is 0.222. The molecule has 0 aliphatic carbocycles. The van der Waals surface area contributed by atoms with Crippen LogP contribution in [0.3, 0.4) is 0 Å². The summed E-state index contributed by atoms with van der Waals surface area (Å²) in [6, 6.07) is 8.82. The number of carbonyl (C=O) groups is 1. The summed E-state index contributed by atoms with van der Waals surface area (Å²) in [7, 11) is -3.48. The molecule has 2 N–H and O–H groups in total. The van der Waals surface area contributed by atoms with Gasteiger partial charge in [-0.05, 0) is 43.2 Å². The summed E-state index contributed by atoms with van der Waals surface area (Å²) < 4.78 is 40.0. The molecule has 0 radical (unpaired) electrons. The van der Waals surface area contributed by atoms with Crippen LogP contribution in [0.5, 0.6) is 0 Å². The van der Waals surface area contributed by atoms with Crippen LogP contribution in [-0.2, 0) is 10.0 Å². The lowest BCUT2D eigenvalue weighted by molar-refractivity contribution is 0.102. The van der Waals surface area contributed by atoms with Gasteiger partial charge in [-0.15, -0.1) is 0 Å². The molecule has 0 unspecified atom stereocenters. The largest absolute Gasteiger partial charge is 0.304 e. The molecule has 1 aliphatic heterocycles. The van der Waals surface area contributed by atoms with Gasteiger partial charge in [0, 0.05) is 12.1 Å². The van der Waals surface area contributed by atoms with Gasteiger partial charge in [-0.2, -0.15) is 5.10 Å². The van der Waals surface area contributed by atoms with Gasteiger partial charge < -0.3 is 5.32 Å². The Kier molecular flexibility index (Phi) is 4.72. The van der Waals surface area contributed by atoms with Crippen molar-refractivity contribution in [2.75, 3.05) is 21.9 Å². The maximum absolute atomic E-state index is 14.1. The van der Waals surface area contributed by atoms with Crippen molar-refractivity contribution in [3.8, 4) is 0 Å². The molecule has 2 aromatic carbocycles. The molecule has 10 heteroatoms. The second kappa shape index (κ2) is 7.06. The minimum Gasteiger partial charge on any atom is -0.304 e. The van der Waals surface area contributed by atoms with E-state index in [2.05, 4.69) is 15.5 Å². The van der Waals surface area contributed by atoms with Gasteiger partial charge in [0.15, 0.2) is 5.82 Å². The molecule has 2 heterocycles. The Morgan fingerprint density at radius 1 is 1.25 bits per heavy atom. The van der Waals surface area contributed by atoms with Gasteiger partial charge in [0.25, 0.3) is 5.91 Å². The predicted molar refractivity (Wildman–Crippen MR) is 106 cm³/mol. The molecule has 146 valence electrons. The minimum atomic E-state index is -3.48. The highest BCUT2D eigenvalue weighted by Crippen LogP contribution is 2.32. The quantitative estimate of drug-likeness (QED) is 0.674. The third-order valence-electron chi connectivity index (χ3n) is 4.60. The zero-order valence-corrected chi connectivity index (χ0v) is 16.1. The molecule has 3 aromatic rings. The van der Waals surface area contributed by atoms with E-state index in [1.54, 1.807) is 6.07 Å². The summed E-state index contributed by atoms with van der Waals surface area (Å²) in [5, 5.41) is 9.57. The smallest absolute Gasteiger partial charge is 0.256 e. The Morgan fingerprint density at radius 2 is 2.07 bits per heavy atom. The first-order valence-corrected chi connectivity index (χ1v) is 10.6. The zero-order chi connectivity index (χ0) is 19.9. The number of carbonyl (C=O) groups excluding carboxylic acids is 1. The number of amides is 1. The Morgan fingerprint density at radius 3 is 2.86 bits per heavy atom. The number of benzene rings is 2. The number of nitrogens with zero attached hydrogens (tertiary/aromatic N) is 2. The number of aromatic amines is 1. The number of halogens is 2. The van der Waals surface area contributed by atoms with Crippen molar-refractivity contribution in [1.82, 2.24) is 10.2 Å². The lowest BCUT2D eigenvalue weighted by Crippen LogP contribution is -2.38. The number of nitrogens with one attached hydrogen (secondary N) is 2. The summed E-state index contributed by atoms with van der Waals surface area (Å²) in [6.45, 7) is 0.308. The fourth-order valence-electron chi connectivity index (χ4n) is 3.20. The van der Waals surface area contributed by atoms with Crippen molar-refractivity contribution >= 4 is 49.9 Å². The molecule has 1 saturated heterocycles. The normalized spacial score (nSPS) is 16.3. The van der Waals surface area contributed by atoms with Crippen molar-refractivity contribution in [2.24, 2.45) is 0 Å². The van der Waals surface area contributed by atoms with Gasteiger partial charge in [-0.25, -0.2) is 12.8 Å². The number of hydrogen-bond donors (Lipinski definition) is 2. The molecule has 0 spiro atoms. The molecular weight excluding hydrogens is 407 g/mol. The zero-order valence-electron chi connectivity index (χ0n) is 14.6. The summed E-state index contributed by atoms with van der Waals surface area (Å²) in [4.78, 5) is 12.7. The summed E-state index contributed by atoms with van der Waals surface area (Å²) in [6.07, 6.45) is 1.30. The highest BCUT2D eigenvalue weighted by molar-refractivity contribution is 7.92. The van der Waals surface area contributed by atoms with E-state index in [4.69, 9.17) is 11.6 Å². The SMILES string of the molecule is O=C(Nc1n[nH]c2cccc(F)c12)c1ccc(Cl)c(N2CCCCS2(=O)=O)c1. The van der Waals surface area contributed by atoms with E-state index in [0.717, 1.165) is 0 Å². The van der Waals surface area contributed by atoms with Crippen molar-refractivity contribution < 1.29 is 17.6 Å². The Balaban J connectivity index is 1.67. The van der Waals surface area contributed by atoms with Crippen LogP contribution in [0.2, 0.25) is 5.02 Å². The van der Waals surface area contributed by atoms with Gasteiger partial charge in [0.1, 0.15) is 5.82 Å². The van der Waals surface area contributed by atoms with Crippen LogP contribution in [0.15, 0.2) is 36.4 Å². The third-order valence-corrected chi connectivity index (χ3v) is 6.77. The number of fused-ring (bicyclic) bond motifs is 1. The van der Waals surface area contributed by atoms with Crippen LogP contribution >= 0.6 is 11.6 Å². The highest BCUT2D eigenvalue weighted by atomic mass is 35.5. The lowest BCUT2D eigenvalue weighted by atomic mass is 10.1. The molecule has 7 nitrogen and oxygen atoms in total. The van der Waals surface area contributed by atoms with E-state index in [1.165, 1.54) is 34.6 Å². The first kappa shape index (κ1) is 18.7. The number of aromatic nitrogens is 2. The third kappa shape index (κ3) is 3.31. The Bertz CT molecular complexity index is 1180. The van der Waals surface area contributed by atoms with Crippen LogP contribution < -0.4 is 9.62 Å². The van der Waals surface area contributed by atoms with Gasteiger partial charge >= 0.3 is 0 Å². The van der Waals surface area contributed by atoms with E-state index in [-0.39, 0.29) is 33.2 Å². The summed E-state index contributed by atoms with van der Waals surface area (Å²) in [5.41, 5.74) is 0.895. The number of rotatable bonds is 3. The van der Waals surface area contributed by atoms with E-state index in [0.29, 0.717) is 24.9 Å². The van der Waals surface area contributed by atoms with Crippen LogP contribution in [0.4, 0.5) is 15.9 Å². The Hall–Kier alpha value is -2.65. The topological polar surface area (TPSA) is 95.2 Å². The maximum atomic E-state index is 14.1. The maximum Gasteiger partial charge on any atom is 0.256 e. The van der Waals surface area contributed by atoms with Crippen LogP contribution in [-0.4, -0.2) is 36.8 Å².